The molecule has 2 aromatic rings. The van der Waals surface area contributed by atoms with Crippen LogP contribution in [0.15, 0.2) is 36.4 Å². The van der Waals surface area contributed by atoms with Gasteiger partial charge in [-0.25, -0.2) is 4.79 Å². The van der Waals surface area contributed by atoms with Crippen LogP contribution < -0.4 is 14.4 Å². The van der Waals surface area contributed by atoms with E-state index in [1.807, 2.05) is 45.0 Å². The summed E-state index contributed by atoms with van der Waals surface area (Å²) in [5.74, 6) is 1.51. The summed E-state index contributed by atoms with van der Waals surface area (Å²) in [6.45, 7) is 13.6. The fourth-order valence-electron chi connectivity index (χ4n) is 4.11. The van der Waals surface area contributed by atoms with Crippen molar-refractivity contribution in [3.63, 3.8) is 0 Å². The molecule has 1 aliphatic carbocycles. The molecule has 0 aromatic heterocycles. The number of carbonyl (C=O) groups is 1. The molecule has 204 valence electrons. The Hall–Kier alpha value is -2.77. The van der Waals surface area contributed by atoms with Gasteiger partial charge in [0, 0.05) is 12.6 Å². The highest BCUT2D eigenvalue weighted by atomic mass is 16.6. The van der Waals surface area contributed by atoms with Crippen molar-refractivity contribution in [3.05, 3.63) is 53.1 Å². The highest BCUT2D eigenvalue weighted by Crippen LogP contribution is 2.33. The average Bonchev–Trinajstić information content (AvgIpc) is 3.40. The second kappa shape index (κ2) is 11.3. The lowest BCUT2D eigenvalue weighted by Crippen LogP contribution is -2.35. The number of aryl methyl sites for hydroxylation is 2. The van der Waals surface area contributed by atoms with Gasteiger partial charge in [-0.15, -0.1) is 0 Å². The minimum Gasteiger partial charge on any atom is -0.491 e. The lowest BCUT2D eigenvalue weighted by atomic mass is 10.1. The van der Waals surface area contributed by atoms with E-state index in [9.17, 15) is 15.0 Å². The molecule has 4 rings (SSSR count). The summed E-state index contributed by atoms with van der Waals surface area (Å²) in [4.78, 5) is 13.9. The molecular formula is C30H43NO6. The molecule has 2 aromatic carbocycles. The average molecular weight is 514 g/mol. The van der Waals surface area contributed by atoms with Gasteiger partial charge in [-0.3, -0.25) is 4.90 Å². The lowest BCUT2D eigenvalue weighted by Gasteiger charge is -2.25. The maximum Gasteiger partial charge on any atom is 0.414 e. The van der Waals surface area contributed by atoms with Crippen LogP contribution in [0.2, 0.25) is 0 Å². The van der Waals surface area contributed by atoms with Gasteiger partial charge in [0.1, 0.15) is 30.3 Å². The SMILES string of the molecule is CC(C)(O)COc1ccc2c(c1)CCC2.CC(C)(O)COc1ccc2c(c1)N(C(=O)OC(C)(C)C)CC2. The summed E-state index contributed by atoms with van der Waals surface area (Å²) in [5, 5.41) is 19.3. The molecule has 0 atom stereocenters. The molecular weight excluding hydrogens is 470 g/mol. The Morgan fingerprint density at radius 3 is 1.89 bits per heavy atom. The van der Waals surface area contributed by atoms with Gasteiger partial charge in [0.15, 0.2) is 0 Å². The van der Waals surface area contributed by atoms with Gasteiger partial charge in [0.2, 0.25) is 0 Å². The standard InChI is InChI=1S/C17H25NO4.C13H18O2/c1-16(2,3)22-15(19)18-9-8-12-6-7-13(10-14(12)18)21-11-17(4,5)20;1-13(2,14)9-15-12-7-6-10-4-3-5-11(10)8-12/h6-7,10,20H,8-9,11H2,1-5H3;6-8,14H,3-5,9H2,1-2H3. The molecule has 2 aliphatic rings. The molecule has 0 bridgehead atoms. The maximum atomic E-state index is 12.3. The Labute approximate surface area is 221 Å². The van der Waals surface area contributed by atoms with Crippen molar-refractivity contribution in [1.29, 1.82) is 0 Å². The largest absolute Gasteiger partial charge is 0.491 e. The van der Waals surface area contributed by atoms with E-state index in [-0.39, 0.29) is 12.7 Å². The zero-order valence-corrected chi connectivity index (χ0v) is 23.4. The van der Waals surface area contributed by atoms with Gasteiger partial charge in [-0.2, -0.15) is 0 Å². The number of benzene rings is 2. The maximum absolute atomic E-state index is 12.3. The van der Waals surface area contributed by atoms with Crippen LogP contribution in [0.3, 0.4) is 0 Å². The fraction of sp³-hybridized carbons (Fsp3) is 0.567. The van der Waals surface area contributed by atoms with Gasteiger partial charge in [0.25, 0.3) is 0 Å². The Morgan fingerprint density at radius 2 is 1.32 bits per heavy atom. The van der Waals surface area contributed by atoms with E-state index in [2.05, 4.69) is 12.1 Å². The predicted molar refractivity (Wildman–Crippen MR) is 146 cm³/mol. The van der Waals surface area contributed by atoms with Crippen LogP contribution in [-0.4, -0.2) is 52.9 Å². The number of hydrogen-bond donors (Lipinski definition) is 2. The molecule has 0 radical (unpaired) electrons. The molecule has 0 unspecified atom stereocenters. The first-order valence-corrected chi connectivity index (χ1v) is 13.1. The molecule has 37 heavy (non-hydrogen) atoms. The first-order chi connectivity index (χ1) is 17.1. The minimum atomic E-state index is -0.899. The van der Waals surface area contributed by atoms with E-state index >= 15 is 0 Å². The van der Waals surface area contributed by atoms with Crippen LogP contribution in [0.4, 0.5) is 10.5 Å². The number of fused-ring (bicyclic) bond motifs is 2. The summed E-state index contributed by atoms with van der Waals surface area (Å²) in [5.41, 5.74) is 2.59. The predicted octanol–water partition coefficient (Wildman–Crippen LogP) is 5.46. The summed E-state index contributed by atoms with van der Waals surface area (Å²) in [6, 6.07) is 11.9. The third-order valence-corrected chi connectivity index (χ3v) is 5.82. The van der Waals surface area contributed by atoms with Crippen molar-refractivity contribution in [2.45, 2.75) is 91.0 Å². The van der Waals surface area contributed by atoms with Crippen LogP contribution in [0.5, 0.6) is 11.5 Å². The number of aliphatic hydroxyl groups is 2. The Kier molecular flexibility index (Phi) is 8.81. The Bertz CT molecular complexity index is 1070. The number of nitrogens with zero attached hydrogens (tertiary/aromatic N) is 1. The van der Waals surface area contributed by atoms with Crippen molar-refractivity contribution < 1.29 is 29.2 Å². The molecule has 0 spiro atoms. The van der Waals surface area contributed by atoms with E-state index in [0.29, 0.717) is 18.9 Å². The lowest BCUT2D eigenvalue weighted by molar-refractivity contribution is 0.0282. The molecule has 0 fully saturated rings. The fourth-order valence-corrected chi connectivity index (χ4v) is 4.11. The van der Waals surface area contributed by atoms with E-state index in [0.717, 1.165) is 29.8 Å². The van der Waals surface area contributed by atoms with Gasteiger partial charge in [0.05, 0.1) is 16.9 Å². The molecule has 7 nitrogen and oxygen atoms in total. The monoisotopic (exact) mass is 513 g/mol. The molecule has 7 heteroatoms. The van der Waals surface area contributed by atoms with Gasteiger partial charge >= 0.3 is 6.09 Å². The van der Waals surface area contributed by atoms with Crippen LogP contribution in [0.25, 0.3) is 0 Å². The zero-order valence-electron chi connectivity index (χ0n) is 23.4. The zero-order chi connectivity index (χ0) is 27.4. The molecule has 1 amide bonds. The van der Waals surface area contributed by atoms with Gasteiger partial charge in [-0.05, 0) is 109 Å². The Morgan fingerprint density at radius 1 is 0.784 bits per heavy atom. The highest BCUT2D eigenvalue weighted by molar-refractivity contribution is 5.90. The van der Waals surface area contributed by atoms with Crippen molar-refractivity contribution >= 4 is 11.8 Å². The first-order valence-electron chi connectivity index (χ1n) is 13.1. The van der Waals surface area contributed by atoms with E-state index < -0.39 is 16.8 Å². The van der Waals surface area contributed by atoms with Crippen molar-refractivity contribution in [2.24, 2.45) is 0 Å². The molecule has 2 N–H and O–H groups in total. The molecule has 0 saturated heterocycles. The minimum absolute atomic E-state index is 0.193. The van der Waals surface area contributed by atoms with E-state index in [4.69, 9.17) is 14.2 Å². The number of amides is 1. The van der Waals surface area contributed by atoms with Crippen LogP contribution in [-0.2, 0) is 24.0 Å². The molecule has 1 heterocycles. The number of hydrogen-bond acceptors (Lipinski definition) is 6. The summed E-state index contributed by atoms with van der Waals surface area (Å²) < 4.78 is 16.6. The second-order valence-corrected chi connectivity index (χ2v) is 12.2. The van der Waals surface area contributed by atoms with Gasteiger partial charge in [-0.1, -0.05) is 12.1 Å². The van der Waals surface area contributed by atoms with Gasteiger partial charge < -0.3 is 24.4 Å². The third kappa shape index (κ3) is 9.24. The summed E-state index contributed by atoms with van der Waals surface area (Å²) in [7, 11) is 0. The normalized spacial score (nSPS) is 14.9. The van der Waals surface area contributed by atoms with Crippen LogP contribution >= 0.6 is 0 Å². The number of rotatable bonds is 6. The van der Waals surface area contributed by atoms with E-state index in [1.165, 1.54) is 24.0 Å². The topological polar surface area (TPSA) is 88.5 Å². The smallest absolute Gasteiger partial charge is 0.414 e. The van der Waals surface area contributed by atoms with Crippen LogP contribution in [0, 0.1) is 0 Å². The second-order valence-electron chi connectivity index (χ2n) is 12.2. The summed E-state index contributed by atoms with van der Waals surface area (Å²) in [6.07, 6.45) is 4.08. The molecule has 1 aliphatic heterocycles. The van der Waals surface area contributed by atoms with Crippen molar-refractivity contribution in [1.82, 2.24) is 0 Å². The quantitative estimate of drug-likeness (QED) is 0.533. The number of ether oxygens (including phenoxy) is 3. The van der Waals surface area contributed by atoms with E-state index in [1.54, 1.807) is 32.6 Å². The van der Waals surface area contributed by atoms with Crippen molar-refractivity contribution in [3.8, 4) is 11.5 Å². The Balaban J connectivity index is 0.000000220. The summed E-state index contributed by atoms with van der Waals surface area (Å²) >= 11 is 0. The number of anilines is 1. The van der Waals surface area contributed by atoms with Crippen LogP contribution in [0.1, 0.15) is 71.6 Å². The first kappa shape index (κ1) is 28.8. The highest BCUT2D eigenvalue weighted by Gasteiger charge is 2.29. The van der Waals surface area contributed by atoms with Crippen molar-refractivity contribution in [2.75, 3.05) is 24.7 Å². The molecule has 0 saturated carbocycles. The number of carbonyl (C=O) groups excluding carboxylic acids is 1. The third-order valence-electron chi connectivity index (χ3n) is 5.82.